The third-order valence-electron chi connectivity index (χ3n) is 5.71. The van der Waals surface area contributed by atoms with Crippen molar-refractivity contribution in [1.29, 1.82) is 0 Å². The number of aromatic nitrogens is 5. The molecule has 0 spiro atoms. The maximum absolute atomic E-state index is 13.1. The molecular weight excluding hydrogens is 464 g/mol. The highest BCUT2D eigenvalue weighted by Gasteiger charge is 2.22. The van der Waals surface area contributed by atoms with Gasteiger partial charge in [0.15, 0.2) is 16.8 Å². The van der Waals surface area contributed by atoms with Crippen molar-refractivity contribution in [3.63, 3.8) is 0 Å². The van der Waals surface area contributed by atoms with Crippen molar-refractivity contribution < 1.29 is 4.79 Å². The molecular formula is C25H26N6O3S. The Morgan fingerprint density at radius 3 is 2.49 bits per heavy atom. The highest BCUT2D eigenvalue weighted by atomic mass is 32.2. The Morgan fingerprint density at radius 2 is 1.80 bits per heavy atom. The fraction of sp³-hybridized carbons (Fsp3) is 0.240. The number of ketones is 1. The summed E-state index contributed by atoms with van der Waals surface area (Å²) in [5, 5.41) is 9.23. The number of nitrogens with zero attached hydrogens (tertiary/aromatic N) is 4. The van der Waals surface area contributed by atoms with Crippen LogP contribution in [0.25, 0.3) is 17.1 Å². The van der Waals surface area contributed by atoms with Gasteiger partial charge in [0.05, 0.1) is 11.4 Å². The first-order valence-electron chi connectivity index (χ1n) is 11.2. The number of aromatic amines is 1. The third-order valence-corrected chi connectivity index (χ3v) is 6.64. The van der Waals surface area contributed by atoms with Gasteiger partial charge in [-0.15, -0.1) is 10.2 Å². The van der Waals surface area contributed by atoms with E-state index in [1.54, 1.807) is 0 Å². The van der Waals surface area contributed by atoms with Crippen LogP contribution in [-0.2, 0) is 6.54 Å². The highest BCUT2D eigenvalue weighted by Crippen LogP contribution is 2.29. The van der Waals surface area contributed by atoms with E-state index in [9.17, 15) is 14.4 Å². The van der Waals surface area contributed by atoms with E-state index in [4.69, 9.17) is 5.73 Å². The van der Waals surface area contributed by atoms with Crippen LogP contribution in [0.5, 0.6) is 0 Å². The van der Waals surface area contributed by atoms with E-state index >= 15 is 0 Å². The van der Waals surface area contributed by atoms with E-state index in [-0.39, 0.29) is 17.1 Å². The Balaban J connectivity index is 1.72. The number of rotatable bonds is 8. The molecule has 0 atom stereocenters. The summed E-state index contributed by atoms with van der Waals surface area (Å²) in [5.41, 5.74) is 8.43. The molecule has 4 aromatic rings. The average Bonchev–Trinajstić information content (AvgIpc) is 3.26. The number of nitrogens with two attached hydrogens (primary N) is 1. The number of nitrogens with one attached hydrogen (secondary N) is 1. The normalized spacial score (nSPS) is 11.1. The number of H-pyrrole nitrogens is 1. The lowest BCUT2D eigenvalue weighted by molar-refractivity contribution is 0.102. The van der Waals surface area contributed by atoms with Crippen LogP contribution in [0.3, 0.4) is 0 Å². The van der Waals surface area contributed by atoms with Gasteiger partial charge in [0.2, 0.25) is 0 Å². The minimum Gasteiger partial charge on any atom is -0.384 e. The molecule has 0 aliphatic rings. The Hall–Kier alpha value is -3.92. The Morgan fingerprint density at radius 1 is 1.06 bits per heavy atom. The number of aryl methyl sites for hydroxylation is 2. The average molecular weight is 491 g/mol. The summed E-state index contributed by atoms with van der Waals surface area (Å²) in [6, 6.07) is 15.7. The zero-order valence-corrected chi connectivity index (χ0v) is 20.6. The topological polar surface area (TPSA) is 129 Å². The Labute approximate surface area is 206 Å². The molecule has 4 rings (SSSR count). The molecule has 0 fully saturated rings. The number of thioether (sulfide) groups is 1. The van der Waals surface area contributed by atoms with Crippen LogP contribution in [0.4, 0.5) is 5.82 Å². The zero-order chi connectivity index (χ0) is 25.1. The van der Waals surface area contributed by atoms with Crippen molar-refractivity contribution >= 4 is 23.4 Å². The van der Waals surface area contributed by atoms with Gasteiger partial charge in [-0.3, -0.25) is 23.7 Å². The minimum atomic E-state index is -0.786. The van der Waals surface area contributed by atoms with E-state index in [1.807, 2.05) is 73.9 Å². The molecule has 0 aliphatic carbocycles. The fourth-order valence-corrected chi connectivity index (χ4v) is 4.56. The van der Waals surface area contributed by atoms with Crippen LogP contribution in [0.1, 0.15) is 34.8 Å². The number of benzene rings is 2. The van der Waals surface area contributed by atoms with Gasteiger partial charge in [-0.1, -0.05) is 55.1 Å². The minimum absolute atomic E-state index is 0.102. The summed E-state index contributed by atoms with van der Waals surface area (Å²) < 4.78 is 3.11. The van der Waals surface area contributed by atoms with Crippen molar-refractivity contribution in [2.45, 2.75) is 38.9 Å². The van der Waals surface area contributed by atoms with Crippen LogP contribution >= 0.6 is 11.8 Å². The molecule has 180 valence electrons. The van der Waals surface area contributed by atoms with Gasteiger partial charge in [0, 0.05) is 12.1 Å². The van der Waals surface area contributed by atoms with E-state index < -0.39 is 17.0 Å². The molecule has 2 aromatic carbocycles. The molecule has 3 N–H and O–H groups in total. The van der Waals surface area contributed by atoms with Crippen molar-refractivity contribution in [1.82, 2.24) is 24.3 Å². The Bertz CT molecular complexity index is 1500. The van der Waals surface area contributed by atoms with E-state index in [0.29, 0.717) is 23.9 Å². The highest BCUT2D eigenvalue weighted by molar-refractivity contribution is 7.99. The van der Waals surface area contributed by atoms with Crippen molar-refractivity contribution in [3.05, 3.63) is 86.1 Å². The molecule has 9 nitrogen and oxygen atoms in total. The molecule has 0 amide bonds. The number of nitrogen functional groups attached to an aromatic ring is 1. The standard InChI is InChI=1S/C25H26N6O3S/c1-4-12-30-21(26)20(23(33)27-24(30)34)19(32)14-35-25-29-28-22(17-8-6-5-7-9-17)31(25)18-11-10-15(2)16(3)13-18/h5-11,13H,4,12,14,26H2,1-3H3,(H,27,33,34). The molecule has 2 aromatic heterocycles. The predicted molar refractivity (Wildman–Crippen MR) is 137 cm³/mol. The van der Waals surface area contributed by atoms with Crippen molar-refractivity contribution in [3.8, 4) is 17.1 Å². The number of hydrogen-bond acceptors (Lipinski definition) is 7. The van der Waals surface area contributed by atoms with Crippen LogP contribution in [0.15, 0.2) is 63.3 Å². The lowest BCUT2D eigenvalue weighted by Crippen LogP contribution is -2.36. The van der Waals surface area contributed by atoms with E-state index in [1.165, 1.54) is 4.57 Å². The summed E-state index contributed by atoms with van der Waals surface area (Å²) in [4.78, 5) is 39.7. The second kappa shape index (κ2) is 10.1. The monoisotopic (exact) mass is 490 g/mol. The van der Waals surface area contributed by atoms with Gasteiger partial charge in [-0.05, 0) is 43.5 Å². The predicted octanol–water partition coefficient (Wildman–Crippen LogP) is 3.37. The van der Waals surface area contributed by atoms with Crippen LogP contribution in [0, 0.1) is 13.8 Å². The first-order valence-corrected chi connectivity index (χ1v) is 12.2. The van der Waals surface area contributed by atoms with Gasteiger partial charge < -0.3 is 5.73 Å². The molecule has 35 heavy (non-hydrogen) atoms. The summed E-state index contributed by atoms with van der Waals surface area (Å²) >= 11 is 1.16. The van der Waals surface area contributed by atoms with Gasteiger partial charge in [-0.25, -0.2) is 4.79 Å². The second-order valence-corrected chi connectivity index (χ2v) is 9.10. The van der Waals surface area contributed by atoms with E-state index in [0.717, 1.165) is 34.1 Å². The molecule has 2 heterocycles. The largest absolute Gasteiger partial charge is 0.384 e. The summed E-state index contributed by atoms with van der Waals surface area (Å²) in [6.07, 6.45) is 0.625. The molecule has 0 aliphatic heterocycles. The number of hydrogen-bond donors (Lipinski definition) is 2. The van der Waals surface area contributed by atoms with Crippen LogP contribution in [0.2, 0.25) is 0 Å². The first kappa shape index (κ1) is 24.2. The second-order valence-electron chi connectivity index (χ2n) is 8.16. The lowest BCUT2D eigenvalue weighted by atomic mass is 10.1. The molecule has 0 bridgehead atoms. The number of carbonyl (C=O) groups excluding carboxylic acids is 1. The fourth-order valence-electron chi connectivity index (χ4n) is 3.74. The summed E-state index contributed by atoms with van der Waals surface area (Å²) in [6.45, 7) is 6.24. The van der Waals surface area contributed by atoms with Gasteiger partial charge in [0.1, 0.15) is 11.4 Å². The Kier molecular flexibility index (Phi) is 7.02. The number of anilines is 1. The number of Topliss-reactive ketones (excluding diaryl/α,β-unsaturated/α-hetero) is 1. The van der Waals surface area contributed by atoms with Crippen molar-refractivity contribution in [2.24, 2.45) is 0 Å². The molecule has 0 saturated carbocycles. The maximum atomic E-state index is 13.1. The lowest BCUT2D eigenvalue weighted by Gasteiger charge is -2.13. The van der Waals surface area contributed by atoms with Gasteiger partial charge in [-0.2, -0.15) is 0 Å². The molecule has 0 unspecified atom stereocenters. The van der Waals surface area contributed by atoms with Crippen molar-refractivity contribution in [2.75, 3.05) is 11.5 Å². The van der Waals surface area contributed by atoms with Gasteiger partial charge in [0.25, 0.3) is 5.56 Å². The summed E-state index contributed by atoms with van der Waals surface area (Å²) in [7, 11) is 0. The smallest absolute Gasteiger partial charge is 0.329 e. The van der Waals surface area contributed by atoms with Crippen LogP contribution in [-0.4, -0.2) is 35.9 Å². The number of carbonyl (C=O) groups is 1. The molecule has 10 heteroatoms. The molecule has 0 saturated heterocycles. The van der Waals surface area contributed by atoms with E-state index in [2.05, 4.69) is 15.2 Å². The van der Waals surface area contributed by atoms with Gasteiger partial charge >= 0.3 is 5.69 Å². The first-order chi connectivity index (χ1) is 16.8. The zero-order valence-electron chi connectivity index (χ0n) is 19.7. The maximum Gasteiger partial charge on any atom is 0.329 e. The quantitative estimate of drug-likeness (QED) is 0.286. The third kappa shape index (κ3) is 4.83. The summed E-state index contributed by atoms with van der Waals surface area (Å²) in [5.74, 6) is -0.0750. The van der Waals surface area contributed by atoms with Crippen LogP contribution < -0.4 is 17.0 Å². The SMILES string of the molecule is CCCn1c(N)c(C(=O)CSc2nnc(-c3ccccc3)n2-c2ccc(C)c(C)c2)c(=O)[nH]c1=O. The molecule has 0 radical (unpaired) electrons.